The Kier molecular flexibility index (Phi) is 9.06. The lowest BCUT2D eigenvalue weighted by molar-refractivity contribution is -0.129. The maximum atomic E-state index is 13.0. The van der Waals surface area contributed by atoms with Crippen LogP contribution in [0.4, 0.5) is 5.69 Å². The van der Waals surface area contributed by atoms with Crippen molar-refractivity contribution in [1.82, 2.24) is 14.8 Å². The van der Waals surface area contributed by atoms with Crippen LogP contribution in [0.5, 0.6) is 11.5 Å². The number of hydrogen-bond acceptors (Lipinski definition) is 9. The van der Waals surface area contributed by atoms with E-state index in [-0.39, 0.29) is 41.4 Å². The van der Waals surface area contributed by atoms with Gasteiger partial charge < -0.3 is 23.8 Å². The van der Waals surface area contributed by atoms with Gasteiger partial charge in [0.1, 0.15) is 28.5 Å². The molecule has 0 saturated carbocycles. The molecule has 1 aliphatic rings. The predicted molar refractivity (Wildman–Crippen MR) is 140 cm³/mol. The number of hydrogen-bond donors (Lipinski definition) is 0. The summed E-state index contributed by atoms with van der Waals surface area (Å²) in [5.74, 6) is 0.719. The van der Waals surface area contributed by atoms with Gasteiger partial charge in [0.2, 0.25) is 0 Å². The maximum Gasteiger partial charge on any atom is 0.285 e. The first kappa shape index (κ1) is 27.3. The molecule has 0 N–H and O–H groups in total. The second-order valence-corrected chi connectivity index (χ2v) is 9.23. The van der Waals surface area contributed by atoms with E-state index >= 15 is 0 Å². The van der Waals surface area contributed by atoms with E-state index in [1.54, 1.807) is 13.2 Å². The van der Waals surface area contributed by atoms with Gasteiger partial charge in [-0.15, -0.1) is 0 Å². The molecule has 0 aliphatic carbocycles. The molecule has 0 radical (unpaired) electrons. The van der Waals surface area contributed by atoms with E-state index in [0.29, 0.717) is 24.2 Å². The monoisotopic (exact) mass is 583 g/mol. The number of aromatic nitrogens is 3. The molecule has 3 heterocycles. The van der Waals surface area contributed by atoms with Crippen LogP contribution in [-0.2, 0) is 20.8 Å². The normalized spacial score (nSPS) is 15.8. The lowest BCUT2D eigenvalue weighted by atomic mass is 10.2. The molecule has 0 bridgehead atoms. The number of ether oxygens (including phenoxy) is 4. The highest BCUT2D eigenvalue weighted by atomic mass is 79.9. The van der Waals surface area contributed by atoms with E-state index in [4.69, 9.17) is 18.9 Å². The van der Waals surface area contributed by atoms with Crippen molar-refractivity contribution in [3.8, 4) is 17.6 Å². The van der Waals surface area contributed by atoms with Gasteiger partial charge in [0.25, 0.3) is 11.5 Å². The summed E-state index contributed by atoms with van der Waals surface area (Å²) in [5.41, 5.74) is 1.35. The number of amides is 1. The van der Waals surface area contributed by atoms with E-state index in [1.807, 2.05) is 24.3 Å². The van der Waals surface area contributed by atoms with Crippen molar-refractivity contribution in [3.63, 3.8) is 0 Å². The Balaban J connectivity index is 1.40. The Hall–Kier alpha value is -3.79. The van der Waals surface area contributed by atoms with Crippen molar-refractivity contribution >= 4 is 27.5 Å². The minimum absolute atomic E-state index is 0.0426. The van der Waals surface area contributed by atoms with Gasteiger partial charge in [0.05, 0.1) is 44.3 Å². The lowest BCUT2D eigenvalue weighted by Gasteiger charge is -2.21. The highest BCUT2D eigenvalue weighted by molar-refractivity contribution is 9.10. The van der Waals surface area contributed by atoms with E-state index in [1.165, 1.54) is 35.3 Å². The van der Waals surface area contributed by atoms with Crippen LogP contribution in [0.15, 0.2) is 58.2 Å². The van der Waals surface area contributed by atoms with Gasteiger partial charge in [-0.3, -0.25) is 14.6 Å². The van der Waals surface area contributed by atoms with Crippen molar-refractivity contribution < 1.29 is 23.7 Å². The highest BCUT2D eigenvalue weighted by Crippen LogP contribution is 2.26. The van der Waals surface area contributed by atoms with Crippen molar-refractivity contribution in [2.75, 3.05) is 38.9 Å². The Morgan fingerprint density at radius 3 is 2.66 bits per heavy atom. The van der Waals surface area contributed by atoms with Gasteiger partial charge in [0.15, 0.2) is 5.75 Å². The topological polar surface area (TPSA) is 129 Å². The number of methoxy groups -OCH3 is 2. The second-order valence-electron chi connectivity index (χ2n) is 8.43. The molecule has 11 nitrogen and oxygen atoms in total. The third kappa shape index (κ3) is 6.19. The highest BCUT2D eigenvalue weighted by Gasteiger charge is 2.35. The molecule has 38 heavy (non-hydrogen) atoms. The number of nitriles is 1. The molecule has 1 amide bonds. The van der Waals surface area contributed by atoms with E-state index < -0.39 is 12.2 Å². The number of pyridine rings is 1. The summed E-state index contributed by atoms with van der Waals surface area (Å²) in [6.45, 7) is 0.896. The molecule has 12 heteroatoms. The van der Waals surface area contributed by atoms with Gasteiger partial charge in [-0.1, -0.05) is 12.1 Å². The number of rotatable bonds is 11. The van der Waals surface area contributed by atoms with Gasteiger partial charge >= 0.3 is 0 Å². The summed E-state index contributed by atoms with van der Waals surface area (Å²) in [7, 11) is 3.11. The molecule has 0 spiro atoms. The van der Waals surface area contributed by atoms with Crippen LogP contribution in [0.3, 0.4) is 0 Å². The third-order valence-electron chi connectivity index (χ3n) is 5.94. The summed E-state index contributed by atoms with van der Waals surface area (Å²) < 4.78 is 23.8. The molecule has 198 valence electrons. The summed E-state index contributed by atoms with van der Waals surface area (Å²) in [5, 5.41) is 13.6. The van der Waals surface area contributed by atoms with E-state index in [0.717, 1.165) is 11.3 Å². The fraction of sp³-hybridized carbons (Fsp3) is 0.346. The molecule has 1 saturated heterocycles. The Bertz CT molecular complexity index is 1370. The van der Waals surface area contributed by atoms with Gasteiger partial charge in [-0.05, 0) is 39.7 Å². The third-order valence-corrected chi connectivity index (χ3v) is 6.67. The standard InChI is InChI=1S/C26H26BrN5O6/c1-35-15-20(16-37-22-8-10-31(25(22)33)21-7-9-29-12-18(21)11-28)38-23-13-30-32(26(34)24(23)27)14-17-3-5-19(36-2)6-4-17/h3-7,9,12-13,20,22H,8,10,14-16H2,1-2H3/t20-,22?/m0/s1. The number of carbonyl (C=O) groups is 1. The molecular formula is C26H26BrN5O6. The summed E-state index contributed by atoms with van der Waals surface area (Å²) in [6, 6.07) is 11.0. The molecular weight excluding hydrogens is 558 g/mol. The Labute approximate surface area is 227 Å². The first-order chi connectivity index (χ1) is 18.4. The van der Waals surface area contributed by atoms with Crippen LogP contribution >= 0.6 is 15.9 Å². The van der Waals surface area contributed by atoms with Crippen molar-refractivity contribution in [2.45, 2.75) is 25.2 Å². The number of halogens is 1. The smallest absolute Gasteiger partial charge is 0.285 e. The number of anilines is 1. The fourth-order valence-electron chi connectivity index (χ4n) is 4.01. The first-order valence-corrected chi connectivity index (χ1v) is 12.6. The van der Waals surface area contributed by atoms with Crippen LogP contribution in [0.25, 0.3) is 0 Å². The Morgan fingerprint density at radius 2 is 1.95 bits per heavy atom. The van der Waals surface area contributed by atoms with Gasteiger partial charge in [-0.25, -0.2) is 4.68 Å². The van der Waals surface area contributed by atoms with Crippen molar-refractivity contribution in [3.05, 3.63) is 74.9 Å². The number of benzene rings is 1. The van der Waals surface area contributed by atoms with Crippen LogP contribution in [0, 0.1) is 11.3 Å². The quantitative estimate of drug-likeness (QED) is 0.334. The Morgan fingerprint density at radius 1 is 1.16 bits per heavy atom. The average molecular weight is 584 g/mol. The van der Waals surface area contributed by atoms with Crippen LogP contribution in [0.2, 0.25) is 0 Å². The first-order valence-electron chi connectivity index (χ1n) is 11.8. The van der Waals surface area contributed by atoms with Gasteiger partial charge in [-0.2, -0.15) is 10.4 Å². The lowest BCUT2D eigenvalue weighted by Crippen LogP contribution is -2.35. The zero-order valence-electron chi connectivity index (χ0n) is 20.9. The molecule has 1 unspecified atom stereocenters. The molecule has 1 aliphatic heterocycles. The molecule has 2 atom stereocenters. The molecule has 1 fully saturated rings. The summed E-state index contributed by atoms with van der Waals surface area (Å²) >= 11 is 3.33. The fourth-order valence-corrected chi connectivity index (χ4v) is 4.41. The zero-order chi connectivity index (χ0) is 27.1. The van der Waals surface area contributed by atoms with E-state index in [2.05, 4.69) is 32.1 Å². The minimum Gasteiger partial charge on any atom is -0.497 e. The number of nitrogens with zero attached hydrogens (tertiary/aromatic N) is 5. The summed E-state index contributed by atoms with van der Waals surface area (Å²) in [4.78, 5) is 31.3. The minimum atomic E-state index is -0.697. The summed E-state index contributed by atoms with van der Waals surface area (Å²) in [6.07, 6.45) is 3.57. The zero-order valence-corrected chi connectivity index (χ0v) is 22.5. The largest absolute Gasteiger partial charge is 0.497 e. The SMILES string of the molecule is COC[C@@H](COC1CCN(c2ccncc2C#N)C1=O)Oc1cnn(Cc2ccc(OC)cc2)c(=O)c1Br. The number of carbonyl (C=O) groups excluding carboxylic acids is 1. The van der Waals surface area contributed by atoms with Crippen molar-refractivity contribution in [1.29, 1.82) is 5.26 Å². The average Bonchev–Trinajstić information content (AvgIpc) is 3.31. The van der Waals surface area contributed by atoms with Crippen molar-refractivity contribution in [2.24, 2.45) is 0 Å². The second kappa shape index (κ2) is 12.6. The van der Waals surface area contributed by atoms with E-state index in [9.17, 15) is 14.9 Å². The van der Waals surface area contributed by atoms with Gasteiger partial charge in [0, 0.05) is 32.5 Å². The van der Waals surface area contributed by atoms with Crippen LogP contribution in [-0.4, -0.2) is 66.9 Å². The molecule has 3 aromatic rings. The molecule has 4 rings (SSSR count). The molecule has 1 aromatic carbocycles. The van der Waals surface area contributed by atoms with Crippen LogP contribution in [0.1, 0.15) is 17.5 Å². The predicted octanol–water partition coefficient (Wildman–Crippen LogP) is 2.55. The maximum absolute atomic E-state index is 13.0. The molecule has 2 aromatic heterocycles. The van der Waals surface area contributed by atoms with Crippen LogP contribution < -0.4 is 19.9 Å².